The molecule has 0 aliphatic heterocycles. The first kappa shape index (κ1) is 17.7. The maximum absolute atomic E-state index is 12.5. The van der Waals surface area contributed by atoms with E-state index in [1.807, 2.05) is 56.4 Å². The minimum absolute atomic E-state index is 0.0799. The summed E-state index contributed by atoms with van der Waals surface area (Å²) in [6.45, 7) is 0.0799. The summed E-state index contributed by atoms with van der Waals surface area (Å²) in [4.78, 5) is 22.9. The summed E-state index contributed by atoms with van der Waals surface area (Å²) in [5.41, 5.74) is 2.53. The van der Waals surface area contributed by atoms with Gasteiger partial charge in [0.2, 0.25) is 5.91 Å². The van der Waals surface area contributed by atoms with E-state index in [-0.39, 0.29) is 12.5 Å². The van der Waals surface area contributed by atoms with Gasteiger partial charge in [0, 0.05) is 44.4 Å². The second kappa shape index (κ2) is 7.10. The Morgan fingerprint density at radius 1 is 1.21 bits per heavy atom. The van der Waals surface area contributed by atoms with Crippen LogP contribution < -0.4 is 10.2 Å². The lowest BCUT2D eigenvalue weighted by atomic mass is 10.2. The fraction of sp³-hybridized carbons (Fsp3) is 0.211. The molecule has 4 rings (SSSR count). The molecule has 142 valence electrons. The third-order valence-corrected chi connectivity index (χ3v) is 4.36. The van der Waals surface area contributed by atoms with Crippen LogP contribution in [0.4, 0.5) is 11.6 Å². The van der Waals surface area contributed by atoms with E-state index in [0.29, 0.717) is 5.82 Å². The molecule has 3 heterocycles. The topological polar surface area (TPSA) is 93.8 Å². The Labute approximate surface area is 161 Å². The van der Waals surface area contributed by atoms with E-state index < -0.39 is 0 Å². The Morgan fingerprint density at radius 3 is 2.86 bits per heavy atom. The van der Waals surface area contributed by atoms with E-state index >= 15 is 0 Å². The summed E-state index contributed by atoms with van der Waals surface area (Å²) >= 11 is 0. The number of nitrogens with zero attached hydrogens (tertiary/aromatic N) is 7. The van der Waals surface area contributed by atoms with Gasteiger partial charge in [-0.05, 0) is 12.1 Å². The van der Waals surface area contributed by atoms with Crippen molar-refractivity contribution >= 4 is 28.4 Å². The summed E-state index contributed by atoms with van der Waals surface area (Å²) < 4.78 is 3.32. The van der Waals surface area contributed by atoms with Crippen molar-refractivity contribution in [3.63, 3.8) is 0 Å². The van der Waals surface area contributed by atoms with E-state index in [1.54, 1.807) is 21.8 Å². The minimum Gasteiger partial charge on any atom is -0.363 e. The number of fused-ring (bicyclic) bond motifs is 1. The van der Waals surface area contributed by atoms with Crippen LogP contribution in [-0.2, 0) is 18.4 Å². The molecule has 1 N–H and O–H groups in total. The Bertz CT molecular complexity index is 1140. The Morgan fingerprint density at radius 2 is 2.04 bits per heavy atom. The van der Waals surface area contributed by atoms with Crippen molar-refractivity contribution in [3.05, 3.63) is 49.1 Å². The van der Waals surface area contributed by atoms with Crippen molar-refractivity contribution in [2.75, 3.05) is 24.3 Å². The molecule has 1 aromatic carbocycles. The summed E-state index contributed by atoms with van der Waals surface area (Å²) in [7, 11) is 5.68. The molecule has 0 atom stereocenters. The molecule has 4 aromatic rings. The molecule has 0 aliphatic carbocycles. The fourth-order valence-electron chi connectivity index (χ4n) is 2.96. The van der Waals surface area contributed by atoms with Crippen LogP contribution in [0, 0.1) is 0 Å². The van der Waals surface area contributed by atoms with E-state index in [2.05, 4.69) is 25.5 Å². The molecule has 1 amide bonds. The third-order valence-electron chi connectivity index (χ3n) is 4.36. The normalized spacial score (nSPS) is 11.0. The van der Waals surface area contributed by atoms with Crippen LogP contribution in [0.15, 0.2) is 49.1 Å². The zero-order chi connectivity index (χ0) is 19.7. The number of hydrogen-bond acceptors (Lipinski definition) is 6. The van der Waals surface area contributed by atoms with Crippen LogP contribution in [0.25, 0.3) is 22.2 Å². The maximum atomic E-state index is 12.5. The quantitative estimate of drug-likeness (QED) is 0.572. The highest BCUT2D eigenvalue weighted by molar-refractivity contribution is 5.99. The van der Waals surface area contributed by atoms with Gasteiger partial charge < -0.3 is 10.2 Å². The number of rotatable bonds is 5. The van der Waals surface area contributed by atoms with Crippen LogP contribution in [0.3, 0.4) is 0 Å². The summed E-state index contributed by atoms with van der Waals surface area (Å²) in [5.74, 6) is 1.15. The van der Waals surface area contributed by atoms with Crippen LogP contribution in [0.2, 0.25) is 0 Å². The van der Waals surface area contributed by atoms with Crippen molar-refractivity contribution in [1.29, 1.82) is 0 Å². The van der Waals surface area contributed by atoms with Crippen molar-refractivity contribution in [2.24, 2.45) is 7.05 Å². The summed E-state index contributed by atoms with van der Waals surface area (Å²) in [6.07, 6.45) is 4.99. The maximum Gasteiger partial charge on any atom is 0.247 e. The number of nitrogens with one attached hydrogen (secondary N) is 1. The number of hydrogen-bond donors (Lipinski definition) is 1. The van der Waals surface area contributed by atoms with E-state index in [4.69, 9.17) is 0 Å². The minimum atomic E-state index is -0.199. The molecule has 0 saturated heterocycles. The Balaban J connectivity index is 1.49. The molecule has 0 unspecified atom stereocenters. The lowest BCUT2D eigenvalue weighted by Gasteiger charge is -2.10. The standard InChI is InChI=1S/C19H20N8O/c1-25(2)17-8-15(20-12-21-17)13-9-22-27(10-13)11-18(28)23-19-14-6-4-5-7-16(14)26(3)24-19/h4-10,12H,11H2,1-3H3,(H,23,24,28). The van der Waals surface area contributed by atoms with Crippen molar-refractivity contribution in [2.45, 2.75) is 6.54 Å². The number of aromatic nitrogens is 6. The lowest BCUT2D eigenvalue weighted by Crippen LogP contribution is -2.19. The van der Waals surface area contributed by atoms with Gasteiger partial charge in [-0.25, -0.2) is 9.97 Å². The zero-order valence-corrected chi connectivity index (χ0v) is 15.9. The van der Waals surface area contributed by atoms with Crippen LogP contribution in [-0.4, -0.2) is 49.5 Å². The first-order valence-electron chi connectivity index (χ1n) is 8.75. The van der Waals surface area contributed by atoms with Crippen molar-refractivity contribution < 1.29 is 4.79 Å². The molecule has 0 aliphatic rings. The predicted molar refractivity (Wildman–Crippen MR) is 107 cm³/mol. The highest BCUT2D eigenvalue weighted by atomic mass is 16.2. The average Bonchev–Trinajstić information content (AvgIpc) is 3.27. The lowest BCUT2D eigenvalue weighted by molar-refractivity contribution is -0.116. The molecule has 3 aromatic heterocycles. The SMILES string of the molecule is CN(C)c1cc(-c2cnn(CC(=O)Nc3nn(C)c4ccccc34)c2)ncn1. The number of para-hydroxylation sites is 1. The number of anilines is 2. The first-order valence-corrected chi connectivity index (χ1v) is 8.75. The van der Waals surface area contributed by atoms with Gasteiger partial charge in [0.1, 0.15) is 18.7 Å². The number of carbonyl (C=O) groups is 1. The van der Waals surface area contributed by atoms with Gasteiger partial charge in [0.25, 0.3) is 0 Å². The summed E-state index contributed by atoms with van der Waals surface area (Å²) in [5, 5.41) is 12.4. The van der Waals surface area contributed by atoms with Crippen LogP contribution >= 0.6 is 0 Å². The molecular weight excluding hydrogens is 356 g/mol. The van der Waals surface area contributed by atoms with Crippen LogP contribution in [0.5, 0.6) is 0 Å². The van der Waals surface area contributed by atoms with E-state index in [0.717, 1.165) is 28.0 Å². The number of amides is 1. The summed E-state index contributed by atoms with van der Waals surface area (Å²) in [6, 6.07) is 9.63. The van der Waals surface area contributed by atoms with Gasteiger partial charge in [-0.15, -0.1) is 0 Å². The fourth-order valence-corrected chi connectivity index (χ4v) is 2.96. The molecular formula is C19H20N8O. The van der Waals surface area contributed by atoms with Crippen LogP contribution in [0.1, 0.15) is 0 Å². The molecule has 28 heavy (non-hydrogen) atoms. The van der Waals surface area contributed by atoms with Gasteiger partial charge in [0.05, 0.1) is 17.4 Å². The number of carbonyl (C=O) groups excluding carboxylic acids is 1. The zero-order valence-electron chi connectivity index (χ0n) is 15.9. The van der Waals surface area contributed by atoms with Gasteiger partial charge in [-0.2, -0.15) is 10.2 Å². The Hall–Kier alpha value is -3.75. The van der Waals surface area contributed by atoms with Gasteiger partial charge in [-0.3, -0.25) is 14.2 Å². The van der Waals surface area contributed by atoms with Crippen molar-refractivity contribution in [1.82, 2.24) is 29.5 Å². The molecule has 9 nitrogen and oxygen atoms in total. The second-order valence-corrected chi connectivity index (χ2v) is 6.62. The third kappa shape index (κ3) is 3.41. The molecule has 0 saturated carbocycles. The average molecular weight is 376 g/mol. The predicted octanol–water partition coefficient (Wildman–Crippen LogP) is 1.93. The van der Waals surface area contributed by atoms with Gasteiger partial charge in [0.15, 0.2) is 5.82 Å². The largest absolute Gasteiger partial charge is 0.363 e. The molecule has 0 radical (unpaired) electrons. The van der Waals surface area contributed by atoms with Crippen molar-refractivity contribution in [3.8, 4) is 11.3 Å². The highest BCUT2D eigenvalue weighted by Crippen LogP contribution is 2.22. The molecule has 9 heteroatoms. The number of aryl methyl sites for hydroxylation is 1. The molecule has 0 spiro atoms. The monoisotopic (exact) mass is 376 g/mol. The highest BCUT2D eigenvalue weighted by Gasteiger charge is 2.13. The molecule has 0 fully saturated rings. The van der Waals surface area contributed by atoms with Gasteiger partial charge in [-0.1, -0.05) is 12.1 Å². The van der Waals surface area contributed by atoms with E-state index in [9.17, 15) is 4.79 Å². The number of benzene rings is 1. The Kier molecular flexibility index (Phi) is 4.48. The van der Waals surface area contributed by atoms with E-state index in [1.165, 1.54) is 6.33 Å². The molecule has 0 bridgehead atoms. The second-order valence-electron chi connectivity index (χ2n) is 6.62. The first-order chi connectivity index (χ1) is 13.5. The smallest absolute Gasteiger partial charge is 0.247 e. The van der Waals surface area contributed by atoms with Gasteiger partial charge >= 0.3 is 0 Å².